The smallest absolute Gasteiger partial charge is 0.0493 e. The van der Waals surface area contributed by atoms with E-state index in [-0.39, 0.29) is 0 Å². The Morgan fingerprint density at radius 2 is 1.74 bits per heavy atom. The van der Waals surface area contributed by atoms with Gasteiger partial charge in [-0.1, -0.05) is 58.1 Å². The first kappa shape index (κ1) is 18.0. The Morgan fingerprint density at radius 1 is 1.16 bits per heavy atom. The molecule has 0 radical (unpaired) electrons. The molecule has 1 nitrogen and oxygen atoms in total. The Bertz CT molecular complexity index is 299. The van der Waals surface area contributed by atoms with Gasteiger partial charge in [-0.2, -0.15) is 0 Å². The number of hydrogen-bond acceptors (Lipinski definition) is 1. The van der Waals surface area contributed by atoms with Crippen LogP contribution in [0.25, 0.3) is 0 Å². The van der Waals surface area contributed by atoms with Crippen molar-refractivity contribution in [2.45, 2.75) is 65.8 Å². The molecule has 0 aliphatic heterocycles. The number of nitrogens with zero attached hydrogens (tertiary/aromatic N) is 1. The lowest BCUT2D eigenvalue weighted by atomic mass is 9.97. The number of allylic oxidation sites excluding steroid dienone is 3. The third kappa shape index (κ3) is 7.92. The van der Waals surface area contributed by atoms with Crippen molar-refractivity contribution in [3.63, 3.8) is 0 Å². The fourth-order valence-electron chi connectivity index (χ4n) is 2.19. The second-order valence-corrected chi connectivity index (χ2v) is 5.97. The zero-order valence-electron chi connectivity index (χ0n) is 13.7. The average molecular weight is 263 g/mol. The van der Waals surface area contributed by atoms with Crippen LogP contribution in [0, 0.1) is 5.92 Å². The zero-order chi connectivity index (χ0) is 14.8. The van der Waals surface area contributed by atoms with Crippen LogP contribution < -0.4 is 0 Å². The first-order chi connectivity index (χ1) is 8.90. The summed E-state index contributed by atoms with van der Waals surface area (Å²) >= 11 is 0. The highest BCUT2D eigenvalue weighted by molar-refractivity contribution is 5.09. The monoisotopic (exact) mass is 263 g/mol. The molecule has 19 heavy (non-hydrogen) atoms. The van der Waals surface area contributed by atoms with Crippen molar-refractivity contribution in [1.82, 2.24) is 4.90 Å². The summed E-state index contributed by atoms with van der Waals surface area (Å²) in [5.74, 6) is 0.682. The summed E-state index contributed by atoms with van der Waals surface area (Å²) in [4.78, 5) is 2.32. The summed E-state index contributed by atoms with van der Waals surface area (Å²) in [7, 11) is 2.15. The first-order valence-electron chi connectivity index (χ1n) is 7.61. The van der Waals surface area contributed by atoms with Gasteiger partial charge in [-0.25, -0.2) is 0 Å². The number of hydrogen-bond donors (Lipinski definition) is 0. The predicted octanol–water partition coefficient (Wildman–Crippen LogP) is 5.56. The Balaban J connectivity index is 4.31. The SMILES string of the molecule is C=C(C)C(CC(C)C)N(C)C(=C)CC/C=C\CCC. The molecule has 1 atom stereocenters. The van der Waals surface area contributed by atoms with Gasteiger partial charge in [0, 0.05) is 18.8 Å². The van der Waals surface area contributed by atoms with Crippen molar-refractivity contribution in [1.29, 1.82) is 0 Å². The average Bonchev–Trinajstić information content (AvgIpc) is 2.34. The molecule has 1 heteroatoms. The first-order valence-corrected chi connectivity index (χ1v) is 7.61. The Kier molecular flexibility index (Phi) is 9.38. The van der Waals surface area contributed by atoms with Gasteiger partial charge in [0.05, 0.1) is 0 Å². The van der Waals surface area contributed by atoms with Crippen LogP contribution in [0.3, 0.4) is 0 Å². The van der Waals surface area contributed by atoms with E-state index in [0.717, 1.165) is 19.3 Å². The standard InChI is InChI=1S/C18H33N/c1-8-9-10-11-12-13-17(6)19(7)18(16(4)5)14-15(2)3/h10-11,15,18H,4,6,8-9,12-14H2,1-3,5,7H3/b11-10-. The number of rotatable bonds is 10. The summed E-state index contributed by atoms with van der Waals surface area (Å²) in [6.07, 6.45) is 10.2. The van der Waals surface area contributed by atoms with Gasteiger partial charge in [0.2, 0.25) is 0 Å². The highest BCUT2D eigenvalue weighted by atomic mass is 15.1. The fourth-order valence-corrected chi connectivity index (χ4v) is 2.19. The lowest BCUT2D eigenvalue weighted by Crippen LogP contribution is -2.32. The van der Waals surface area contributed by atoms with Crippen LogP contribution in [-0.4, -0.2) is 18.0 Å². The van der Waals surface area contributed by atoms with E-state index in [1.165, 1.54) is 24.1 Å². The van der Waals surface area contributed by atoms with Crippen LogP contribution in [0.15, 0.2) is 36.6 Å². The molecule has 0 spiro atoms. The fraction of sp³-hybridized carbons (Fsp3) is 0.667. The molecule has 110 valence electrons. The van der Waals surface area contributed by atoms with Crippen LogP contribution >= 0.6 is 0 Å². The quantitative estimate of drug-likeness (QED) is 0.466. The summed E-state index contributed by atoms with van der Waals surface area (Å²) < 4.78 is 0. The molecule has 0 heterocycles. The van der Waals surface area contributed by atoms with Crippen molar-refractivity contribution in [3.8, 4) is 0 Å². The highest BCUT2D eigenvalue weighted by Gasteiger charge is 2.17. The molecular formula is C18H33N. The predicted molar refractivity (Wildman–Crippen MR) is 88.2 cm³/mol. The van der Waals surface area contributed by atoms with Crippen molar-refractivity contribution >= 4 is 0 Å². The molecule has 0 saturated heterocycles. The lowest BCUT2D eigenvalue weighted by molar-refractivity contribution is 0.290. The molecule has 0 fully saturated rings. The number of likely N-dealkylation sites (N-methyl/N-ethyl adjacent to an activating group) is 1. The minimum atomic E-state index is 0.423. The third-order valence-corrected chi connectivity index (χ3v) is 3.45. The van der Waals surface area contributed by atoms with E-state index < -0.39 is 0 Å². The summed E-state index contributed by atoms with van der Waals surface area (Å²) in [6.45, 7) is 17.2. The van der Waals surface area contributed by atoms with E-state index in [2.05, 4.69) is 65.0 Å². The van der Waals surface area contributed by atoms with Gasteiger partial charge < -0.3 is 4.90 Å². The second-order valence-electron chi connectivity index (χ2n) is 5.97. The lowest BCUT2D eigenvalue weighted by Gasteiger charge is -2.33. The van der Waals surface area contributed by atoms with E-state index in [4.69, 9.17) is 0 Å². The maximum absolute atomic E-state index is 4.23. The molecule has 0 N–H and O–H groups in total. The zero-order valence-corrected chi connectivity index (χ0v) is 13.7. The van der Waals surface area contributed by atoms with Crippen molar-refractivity contribution in [3.05, 3.63) is 36.6 Å². The van der Waals surface area contributed by atoms with Gasteiger partial charge in [0.15, 0.2) is 0 Å². The largest absolute Gasteiger partial charge is 0.372 e. The van der Waals surface area contributed by atoms with Crippen LogP contribution in [0.2, 0.25) is 0 Å². The van der Waals surface area contributed by atoms with Gasteiger partial charge in [0.1, 0.15) is 0 Å². The van der Waals surface area contributed by atoms with Gasteiger partial charge in [-0.3, -0.25) is 0 Å². The van der Waals surface area contributed by atoms with E-state index in [0.29, 0.717) is 12.0 Å². The molecule has 0 aromatic heterocycles. The molecule has 0 aliphatic carbocycles. The molecule has 1 unspecified atom stereocenters. The molecule has 0 saturated carbocycles. The Labute approximate surface area is 121 Å². The van der Waals surface area contributed by atoms with Crippen LogP contribution in [0.5, 0.6) is 0 Å². The van der Waals surface area contributed by atoms with Gasteiger partial charge in [-0.05, 0) is 38.5 Å². The van der Waals surface area contributed by atoms with E-state index in [1.54, 1.807) is 0 Å². The maximum Gasteiger partial charge on any atom is 0.0493 e. The Morgan fingerprint density at radius 3 is 2.21 bits per heavy atom. The molecule has 0 aliphatic rings. The van der Waals surface area contributed by atoms with Crippen LogP contribution in [0.1, 0.15) is 59.8 Å². The van der Waals surface area contributed by atoms with Crippen LogP contribution in [-0.2, 0) is 0 Å². The molecule has 0 aromatic rings. The van der Waals surface area contributed by atoms with Gasteiger partial charge in [-0.15, -0.1) is 0 Å². The summed E-state index contributed by atoms with van der Waals surface area (Å²) in [5.41, 5.74) is 2.45. The van der Waals surface area contributed by atoms with Gasteiger partial charge in [0.25, 0.3) is 0 Å². The van der Waals surface area contributed by atoms with Crippen molar-refractivity contribution < 1.29 is 0 Å². The topological polar surface area (TPSA) is 3.24 Å². The van der Waals surface area contributed by atoms with Crippen molar-refractivity contribution in [2.75, 3.05) is 7.05 Å². The minimum absolute atomic E-state index is 0.423. The normalized spacial score (nSPS) is 12.9. The Hall–Kier alpha value is -0.980. The second kappa shape index (κ2) is 9.89. The maximum atomic E-state index is 4.23. The number of unbranched alkanes of at least 4 members (excludes halogenated alkanes) is 1. The molecule has 0 aromatic carbocycles. The third-order valence-electron chi connectivity index (χ3n) is 3.45. The molecule has 0 bridgehead atoms. The van der Waals surface area contributed by atoms with E-state index in [9.17, 15) is 0 Å². The van der Waals surface area contributed by atoms with Crippen molar-refractivity contribution in [2.24, 2.45) is 5.92 Å². The summed E-state index contributed by atoms with van der Waals surface area (Å²) in [5, 5.41) is 0. The van der Waals surface area contributed by atoms with E-state index in [1.807, 2.05) is 0 Å². The van der Waals surface area contributed by atoms with Gasteiger partial charge >= 0.3 is 0 Å². The van der Waals surface area contributed by atoms with Crippen LogP contribution in [0.4, 0.5) is 0 Å². The summed E-state index contributed by atoms with van der Waals surface area (Å²) in [6, 6.07) is 0.423. The molecule has 0 rings (SSSR count). The molecule has 0 amide bonds. The molecular weight excluding hydrogens is 230 g/mol. The minimum Gasteiger partial charge on any atom is -0.372 e. The highest BCUT2D eigenvalue weighted by Crippen LogP contribution is 2.21. The van der Waals surface area contributed by atoms with E-state index >= 15 is 0 Å².